The predicted octanol–water partition coefficient (Wildman–Crippen LogP) is 4.31. The monoisotopic (exact) mass is 473 g/mol. The maximum Gasteiger partial charge on any atom is 0.243 e. The molecule has 0 spiro atoms. The summed E-state index contributed by atoms with van der Waals surface area (Å²) in [6.07, 6.45) is 1.94. The smallest absolute Gasteiger partial charge is 0.243 e. The number of fused-ring (bicyclic) bond motifs is 4. The maximum atomic E-state index is 13.3. The Hall–Kier alpha value is -3.16. The number of hydrogen-bond acceptors (Lipinski definition) is 3. The second-order valence-corrected chi connectivity index (χ2v) is 11.3. The number of carbonyl (C=O) groups is 1. The summed E-state index contributed by atoms with van der Waals surface area (Å²) in [7, 11) is -3.58. The van der Waals surface area contributed by atoms with Crippen LogP contribution in [-0.2, 0) is 27.8 Å². The van der Waals surface area contributed by atoms with Crippen LogP contribution in [0.5, 0.6) is 0 Å². The Labute approximate surface area is 199 Å². The summed E-state index contributed by atoms with van der Waals surface area (Å²) < 4.78 is 28.1. The first kappa shape index (κ1) is 21.4. The lowest BCUT2D eigenvalue weighted by Gasteiger charge is -2.35. The van der Waals surface area contributed by atoms with Gasteiger partial charge in [0.05, 0.1) is 4.90 Å². The van der Waals surface area contributed by atoms with Crippen LogP contribution >= 0.6 is 0 Å². The van der Waals surface area contributed by atoms with E-state index < -0.39 is 10.0 Å². The highest BCUT2D eigenvalue weighted by molar-refractivity contribution is 7.89. The normalized spacial score (nSPS) is 17.8. The third-order valence-corrected chi connectivity index (χ3v) is 9.25. The van der Waals surface area contributed by atoms with Crippen molar-refractivity contribution in [2.75, 3.05) is 19.6 Å². The van der Waals surface area contributed by atoms with Gasteiger partial charge in [-0.2, -0.15) is 4.31 Å². The van der Waals surface area contributed by atoms with E-state index in [9.17, 15) is 13.2 Å². The number of carbonyl (C=O) groups excluding carboxylic acids is 1. The molecule has 34 heavy (non-hydrogen) atoms. The van der Waals surface area contributed by atoms with Gasteiger partial charge in [0.15, 0.2) is 0 Å². The largest absolute Gasteiger partial charge is 0.358 e. The molecule has 174 valence electrons. The van der Waals surface area contributed by atoms with E-state index in [4.69, 9.17) is 0 Å². The molecule has 0 bridgehead atoms. The van der Waals surface area contributed by atoms with E-state index in [-0.39, 0.29) is 11.8 Å². The molecule has 6 rings (SSSR count). The van der Waals surface area contributed by atoms with Crippen molar-refractivity contribution in [3.05, 3.63) is 78.0 Å². The molecule has 0 saturated carbocycles. The van der Waals surface area contributed by atoms with Gasteiger partial charge in [-0.1, -0.05) is 48.5 Å². The second-order valence-electron chi connectivity index (χ2n) is 9.32. The average Bonchev–Trinajstić information content (AvgIpc) is 3.26. The van der Waals surface area contributed by atoms with Crippen molar-refractivity contribution in [1.82, 2.24) is 14.2 Å². The summed E-state index contributed by atoms with van der Waals surface area (Å²) in [5, 5.41) is 3.12. The third-order valence-electron chi connectivity index (χ3n) is 7.36. The quantitative estimate of drug-likeness (QED) is 0.482. The molecule has 0 radical (unpaired) electrons. The van der Waals surface area contributed by atoms with E-state index in [2.05, 4.69) is 17.1 Å². The summed E-state index contributed by atoms with van der Waals surface area (Å²) >= 11 is 0. The summed E-state index contributed by atoms with van der Waals surface area (Å²) in [6, 6.07) is 21.3. The predicted molar refractivity (Wildman–Crippen MR) is 133 cm³/mol. The van der Waals surface area contributed by atoms with E-state index in [1.807, 2.05) is 47.4 Å². The highest BCUT2D eigenvalue weighted by atomic mass is 32.2. The summed E-state index contributed by atoms with van der Waals surface area (Å²) in [5.41, 5.74) is 3.56. The maximum absolute atomic E-state index is 13.3. The Kier molecular flexibility index (Phi) is 5.19. The molecule has 0 aliphatic carbocycles. The Morgan fingerprint density at radius 1 is 0.882 bits per heavy atom. The van der Waals surface area contributed by atoms with Crippen molar-refractivity contribution in [1.29, 1.82) is 0 Å². The molecule has 0 atom stereocenters. The van der Waals surface area contributed by atoms with Crippen molar-refractivity contribution >= 4 is 37.6 Å². The number of para-hydroxylation sites is 1. The summed E-state index contributed by atoms with van der Waals surface area (Å²) in [6.45, 7) is 2.07. The van der Waals surface area contributed by atoms with Gasteiger partial charge in [0.1, 0.15) is 0 Å². The van der Waals surface area contributed by atoms with Crippen molar-refractivity contribution in [2.24, 2.45) is 5.92 Å². The van der Waals surface area contributed by atoms with Gasteiger partial charge >= 0.3 is 0 Å². The minimum Gasteiger partial charge on any atom is -0.358 e. The standard InChI is InChI=1S/C27H27N3O3S/c31-27(29-14-13-26-24(18-29)23-7-3-4-8-25(23)28-26)20-11-15-30(16-12-20)34(32,33)22-10-9-19-5-1-2-6-21(19)17-22/h1-10,17,20,28H,11-16,18H2. The molecule has 1 saturated heterocycles. The number of nitrogens with zero attached hydrogens (tertiary/aromatic N) is 2. The second kappa shape index (κ2) is 8.25. The third kappa shape index (κ3) is 3.60. The molecule has 1 aromatic heterocycles. The van der Waals surface area contributed by atoms with Gasteiger partial charge in [-0.15, -0.1) is 0 Å². The first-order valence-electron chi connectivity index (χ1n) is 11.9. The zero-order valence-corrected chi connectivity index (χ0v) is 19.7. The van der Waals surface area contributed by atoms with Gasteiger partial charge in [0.25, 0.3) is 0 Å². The lowest BCUT2D eigenvalue weighted by atomic mass is 9.95. The van der Waals surface area contributed by atoms with Crippen LogP contribution < -0.4 is 0 Å². The van der Waals surface area contributed by atoms with Crippen molar-refractivity contribution < 1.29 is 13.2 Å². The molecule has 4 aromatic rings. The van der Waals surface area contributed by atoms with Crippen molar-refractivity contribution in [3.63, 3.8) is 0 Å². The van der Waals surface area contributed by atoms with Gasteiger partial charge in [-0.3, -0.25) is 4.79 Å². The lowest BCUT2D eigenvalue weighted by Crippen LogP contribution is -2.45. The Bertz CT molecular complexity index is 1500. The molecule has 1 amide bonds. The topological polar surface area (TPSA) is 73.5 Å². The molecule has 3 heterocycles. The summed E-state index contributed by atoms with van der Waals surface area (Å²) in [5.74, 6) is 0.0218. The van der Waals surface area contributed by atoms with Crippen LogP contribution in [0, 0.1) is 5.92 Å². The first-order chi connectivity index (χ1) is 16.5. The van der Waals surface area contributed by atoms with Crippen molar-refractivity contribution in [2.45, 2.75) is 30.7 Å². The lowest BCUT2D eigenvalue weighted by molar-refractivity contribution is -0.137. The number of benzene rings is 3. The van der Waals surface area contributed by atoms with E-state index in [0.29, 0.717) is 43.9 Å². The highest BCUT2D eigenvalue weighted by Crippen LogP contribution is 2.31. The van der Waals surface area contributed by atoms with Gasteiger partial charge in [0, 0.05) is 60.7 Å². The average molecular weight is 474 g/mol. The molecule has 1 N–H and O–H groups in total. The number of aromatic nitrogens is 1. The van der Waals surface area contributed by atoms with E-state index in [0.717, 1.165) is 22.7 Å². The minimum absolute atomic E-state index is 0.130. The first-order valence-corrected chi connectivity index (χ1v) is 13.3. The van der Waals surface area contributed by atoms with E-state index >= 15 is 0 Å². The Morgan fingerprint density at radius 3 is 2.44 bits per heavy atom. The van der Waals surface area contributed by atoms with Crippen LogP contribution in [0.25, 0.3) is 21.7 Å². The fourth-order valence-corrected chi connectivity index (χ4v) is 6.94. The molecule has 7 heteroatoms. The fraction of sp³-hybridized carbons (Fsp3) is 0.296. The molecule has 3 aromatic carbocycles. The SMILES string of the molecule is O=C(C1CCN(S(=O)(=O)c2ccc3ccccc3c2)CC1)N1CCc2[nH]c3ccccc3c2C1. The molecule has 2 aliphatic rings. The molecule has 0 unspecified atom stereocenters. The van der Waals surface area contributed by atoms with Gasteiger partial charge in [-0.05, 0) is 41.8 Å². The van der Waals surface area contributed by atoms with Crippen LogP contribution in [-0.4, -0.2) is 48.1 Å². The number of amides is 1. The number of aromatic amines is 1. The Balaban J connectivity index is 1.14. The number of rotatable bonds is 3. The van der Waals surface area contributed by atoms with Crippen LogP contribution in [0.2, 0.25) is 0 Å². The van der Waals surface area contributed by atoms with E-state index in [1.165, 1.54) is 20.9 Å². The van der Waals surface area contributed by atoms with E-state index in [1.54, 1.807) is 12.1 Å². The number of H-pyrrole nitrogens is 1. The molecule has 6 nitrogen and oxygen atoms in total. The zero-order valence-electron chi connectivity index (χ0n) is 18.9. The minimum atomic E-state index is -3.58. The number of sulfonamides is 1. The molecular formula is C27H27N3O3S. The number of nitrogens with one attached hydrogen (secondary N) is 1. The number of piperidine rings is 1. The molecule has 2 aliphatic heterocycles. The van der Waals surface area contributed by atoms with Crippen LogP contribution in [0.4, 0.5) is 0 Å². The van der Waals surface area contributed by atoms with Gasteiger partial charge in [0.2, 0.25) is 15.9 Å². The number of hydrogen-bond donors (Lipinski definition) is 1. The van der Waals surface area contributed by atoms with Crippen LogP contribution in [0.1, 0.15) is 24.1 Å². The fourth-order valence-electron chi connectivity index (χ4n) is 5.43. The van der Waals surface area contributed by atoms with Gasteiger partial charge in [-0.25, -0.2) is 8.42 Å². The van der Waals surface area contributed by atoms with Crippen molar-refractivity contribution in [3.8, 4) is 0 Å². The summed E-state index contributed by atoms with van der Waals surface area (Å²) in [4.78, 5) is 19.1. The Morgan fingerprint density at radius 2 is 1.62 bits per heavy atom. The van der Waals surface area contributed by atoms with Gasteiger partial charge < -0.3 is 9.88 Å². The molecular weight excluding hydrogens is 446 g/mol. The van der Waals surface area contributed by atoms with Crippen LogP contribution in [0.15, 0.2) is 71.6 Å². The molecule has 1 fully saturated rings. The zero-order chi connectivity index (χ0) is 23.3. The highest BCUT2D eigenvalue weighted by Gasteiger charge is 2.35. The van der Waals surface area contributed by atoms with Crippen LogP contribution in [0.3, 0.4) is 0 Å².